The van der Waals surface area contributed by atoms with Gasteiger partial charge in [0, 0.05) is 71.8 Å². The maximum Gasteiger partial charge on any atom is 0.143 e. The second-order valence-electron chi connectivity index (χ2n) is 32.4. The molecule has 0 bridgehead atoms. The van der Waals surface area contributed by atoms with E-state index in [1.165, 1.54) is 77.2 Å². The molecule has 0 N–H and O–H groups in total. The number of fused-ring (bicyclic) bond motifs is 21. The quantitative estimate of drug-likeness (QED) is 0.115. The van der Waals surface area contributed by atoms with Crippen LogP contribution in [-0.4, -0.2) is 0 Å². The van der Waals surface area contributed by atoms with Crippen LogP contribution in [0.1, 0.15) is 22.3 Å². The lowest BCUT2D eigenvalue weighted by Gasteiger charge is -2.30. The van der Waals surface area contributed by atoms with E-state index in [4.69, 9.17) is 13.3 Å². The average molecular weight is 1550 g/mol. The van der Waals surface area contributed by atoms with Crippen molar-refractivity contribution in [3.05, 3.63) is 459 Å². The summed E-state index contributed by atoms with van der Waals surface area (Å²) in [6, 6.07) is 160. The van der Waals surface area contributed by atoms with Crippen LogP contribution in [-0.2, 0) is 5.41 Å². The molecule has 0 unspecified atom stereocenters. The van der Waals surface area contributed by atoms with Crippen LogP contribution < -0.4 is 9.80 Å². The summed E-state index contributed by atoms with van der Waals surface area (Å²) >= 11 is 0. The van der Waals surface area contributed by atoms with E-state index < -0.39 is 5.41 Å². The lowest BCUT2D eigenvalue weighted by molar-refractivity contribution is 0.668. The molecule has 2 aliphatic rings. The molecule has 1 spiro atoms. The number of nitrogens with zero attached hydrogens (tertiary/aromatic N) is 2. The highest BCUT2D eigenvalue weighted by molar-refractivity contribution is 6.14. The predicted octanol–water partition coefficient (Wildman–Crippen LogP) is 32.6. The average Bonchev–Trinajstić information content (AvgIpc) is 1.51. The molecular formula is C117H72N2O3. The maximum atomic E-state index is 7.06. The van der Waals surface area contributed by atoms with Crippen LogP contribution in [0.25, 0.3) is 188 Å². The highest BCUT2D eigenvalue weighted by Crippen LogP contribution is 2.63. The van der Waals surface area contributed by atoms with Crippen LogP contribution in [0.4, 0.5) is 34.1 Å². The molecule has 0 radical (unpaired) electrons. The van der Waals surface area contributed by atoms with Crippen molar-refractivity contribution in [1.82, 2.24) is 0 Å². The maximum absolute atomic E-state index is 7.06. The highest BCUT2D eigenvalue weighted by atomic mass is 16.3. The Kier molecular flexibility index (Phi) is 15.6. The zero-order valence-corrected chi connectivity index (χ0v) is 66.2. The normalized spacial score (nSPS) is 12.5. The van der Waals surface area contributed by atoms with Crippen molar-refractivity contribution in [3.63, 3.8) is 0 Å². The number of rotatable bonds is 13. The van der Waals surface area contributed by atoms with E-state index in [-0.39, 0.29) is 0 Å². The summed E-state index contributed by atoms with van der Waals surface area (Å²) in [6.07, 6.45) is 0. The second-order valence-corrected chi connectivity index (χ2v) is 32.4. The second kappa shape index (κ2) is 27.5. The standard InChI is InChI=1S/C117H72N2O3/c1-3-24-87-74(21-1)23-19-33-88(87)76-45-58-84(59-46-76)119(109-40-16-9-26-90(109)82-54-67-101-99-32-11-18-42-111(99)121-114(101)72-82)85-60-47-77(48-61-85)93-34-20-35-102-103-69-80(55-68-112(103)122-116(93)102)92-64-51-75-22-2-4-27-91(75)115(92)78-49-62-86(63-50-78)118(108-39-15-8-25-89(108)81-53-66-100-98-31-10-17-41-110(98)120-113(100)71-81)83-56-43-73(44-57-83)79-52-65-97-96-30-7-14-38-106(96)117(107(97)70-79)104-36-12-5-28-94(104)95-29-6-13-37-105(95)117/h1-72H. The van der Waals surface area contributed by atoms with Crippen LogP contribution in [0.5, 0.6) is 0 Å². The summed E-state index contributed by atoms with van der Waals surface area (Å²) in [6.45, 7) is 0. The Bertz CT molecular complexity index is 8140. The first-order valence-electron chi connectivity index (χ1n) is 41.9. The fraction of sp³-hybridized carbons (Fsp3) is 0.00855. The molecule has 5 heteroatoms. The van der Waals surface area contributed by atoms with Gasteiger partial charge in [-0.2, -0.15) is 0 Å². The SMILES string of the molecule is c1ccc(N(c2ccc(-c3ccc4c(c3)C3(c5ccccc5-c5ccccc53)c3ccccc3-4)cc2)c2ccc(-c3c(-c4ccc5oc6c(-c7ccc(N(c8ccc(-c9cccc%10ccccc9%10)cc8)c8ccccc8-c8ccc9c(c8)oc8ccccc89)cc7)cccc6c5c4)ccc4ccccc34)cc2)c(-c2ccc3c(c2)oc2ccccc23)c1. The molecule has 0 atom stereocenters. The Labute approximate surface area is 704 Å². The molecule has 568 valence electrons. The van der Waals surface area contributed by atoms with Crippen molar-refractivity contribution in [3.8, 4) is 100 Å². The fourth-order valence-corrected chi connectivity index (χ4v) is 20.4. The van der Waals surface area contributed by atoms with Crippen LogP contribution in [0.3, 0.4) is 0 Å². The molecule has 0 fully saturated rings. The van der Waals surface area contributed by atoms with E-state index in [1.807, 2.05) is 18.2 Å². The van der Waals surface area contributed by atoms with E-state index in [1.54, 1.807) is 0 Å². The Morgan fingerprint density at radius 3 is 1.11 bits per heavy atom. The molecule has 0 saturated carbocycles. The Balaban J connectivity index is 0.576. The van der Waals surface area contributed by atoms with Gasteiger partial charge in [0.25, 0.3) is 0 Å². The van der Waals surface area contributed by atoms with Crippen LogP contribution in [0, 0.1) is 0 Å². The molecule has 20 aromatic carbocycles. The molecule has 0 saturated heterocycles. The third kappa shape index (κ3) is 10.8. The molecule has 25 rings (SSSR count). The number of furan rings is 3. The summed E-state index contributed by atoms with van der Waals surface area (Å²) < 4.78 is 20.2. The minimum Gasteiger partial charge on any atom is -0.456 e. The molecule has 3 heterocycles. The topological polar surface area (TPSA) is 45.9 Å². The lowest BCUT2D eigenvalue weighted by Crippen LogP contribution is -2.25. The molecular weight excluding hydrogens is 1480 g/mol. The Hall–Kier alpha value is -16.1. The summed E-state index contributed by atoms with van der Waals surface area (Å²) in [5.41, 5.74) is 36.9. The van der Waals surface area contributed by atoms with Crippen LogP contribution >= 0.6 is 0 Å². The third-order valence-electron chi connectivity index (χ3n) is 25.9. The molecule has 122 heavy (non-hydrogen) atoms. The first kappa shape index (κ1) is 69.1. The van der Waals surface area contributed by atoms with Gasteiger partial charge in [0.1, 0.15) is 33.5 Å². The minimum absolute atomic E-state index is 0.446. The summed E-state index contributed by atoms with van der Waals surface area (Å²) in [5, 5.41) is 11.3. The molecule has 2 aliphatic carbocycles. The fourth-order valence-electron chi connectivity index (χ4n) is 20.4. The van der Waals surface area contributed by atoms with Gasteiger partial charge in [0.2, 0.25) is 0 Å². The molecule has 3 aromatic heterocycles. The van der Waals surface area contributed by atoms with Crippen molar-refractivity contribution < 1.29 is 13.3 Å². The van der Waals surface area contributed by atoms with Gasteiger partial charge < -0.3 is 23.1 Å². The van der Waals surface area contributed by atoms with Gasteiger partial charge in [0.05, 0.1) is 16.8 Å². The number of anilines is 6. The van der Waals surface area contributed by atoms with Gasteiger partial charge in [-0.1, -0.05) is 322 Å². The summed E-state index contributed by atoms with van der Waals surface area (Å²) in [7, 11) is 0. The highest BCUT2D eigenvalue weighted by Gasteiger charge is 2.51. The largest absolute Gasteiger partial charge is 0.456 e. The lowest BCUT2D eigenvalue weighted by atomic mass is 9.70. The van der Waals surface area contributed by atoms with Crippen molar-refractivity contribution in [2.45, 2.75) is 5.41 Å². The van der Waals surface area contributed by atoms with Crippen molar-refractivity contribution >= 4 is 121 Å². The summed E-state index contributed by atoms with van der Waals surface area (Å²) in [5.74, 6) is 0. The van der Waals surface area contributed by atoms with Crippen molar-refractivity contribution in [2.75, 3.05) is 9.80 Å². The molecule has 0 aliphatic heterocycles. The van der Waals surface area contributed by atoms with Gasteiger partial charge >= 0.3 is 0 Å². The monoisotopic (exact) mass is 1550 g/mol. The zero-order valence-electron chi connectivity index (χ0n) is 66.2. The van der Waals surface area contributed by atoms with Crippen molar-refractivity contribution in [2.24, 2.45) is 0 Å². The van der Waals surface area contributed by atoms with Crippen LogP contribution in [0.2, 0.25) is 0 Å². The van der Waals surface area contributed by atoms with E-state index in [0.717, 1.165) is 167 Å². The van der Waals surface area contributed by atoms with Gasteiger partial charge in [-0.3, -0.25) is 0 Å². The molecule has 5 nitrogen and oxygen atoms in total. The van der Waals surface area contributed by atoms with Crippen LogP contribution in [0.15, 0.2) is 450 Å². The Morgan fingerprint density at radius 1 is 0.172 bits per heavy atom. The van der Waals surface area contributed by atoms with Gasteiger partial charge in [-0.25, -0.2) is 0 Å². The molecule has 0 amide bonds. The number of hydrogen-bond donors (Lipinski definition) is 0. The van der Waals surface area contributed by atoms with Crippen molar-refractivity contribution in [1.29, 1.82) is 0 Å². The van der Waals surface area contributed by atoms with E-state index >= 15 is 0 Å². The zero-order chi connectivity index (χ0) is 80.1. The van der Waals surface area contributed by atoms with E-state index in [0.29, 0.717) is 0 Å². The number of hydrogen-bond acceptors (Lipinski definition) is 5. The van der Waals surface area contributed by atoms with E-state index in [9.17, 15) is 0 Å². The third-order valence-corrected chi connectivity index (χ3v) is 25.9. The first-order chi connectivity index (χ1) is 60.5. The minimum atomic E-state index is -0.446. The number of para-hydroxylation sites is 5. The van der Waals surface area contributed by atoms with Gasteiger partial charge in [0.15, 0.2) is 0 Å². The Morgan fingerprint density at radius 2 is 0.541 bits per heavy atom. The van der Waals surface area contributed by atoms with Gasteiger partial charge in [-0.05, 0) is 243 Å². The predicted molar refractivity (Wildman–Crippen MR) is 507 cm³/mol. The summed E-state index contributed by atoms with van der Waals surface area (Å²) in [4.78, 5) is 4.80. The van der Waals surface area contributed by atoms with E-state index in [2.05, 4.69) is 428 Å². The smallest absolute Gasteiger partial charge is 0.143 e. The first-order valence-corrected chi connectivity index (χ1v) is 41.9. The van der Waals surface area contributed by atoms with Gasteiger partial charge in [-0.15, -0.1) is 0 Å². The number of benzene rings is 20. The molecule has 23 aromatic rings.